The van der Waals surface area contributed by atoms with Crippen LogP contribution in [0.1, 0.15) is 26.2 Å². The third kappa shape index (κ3) is 0.904. The number of aliphatic carboxylic acids is 1. The van der Waals surface area contributed by atoms with Crippen LogP contribution in [0.4, 0.5) is 0 Å². The monoisotopic (exact) mass is 144 g/mol. The van der Waals surface area contributed by atoms with Crippen molar-refractivity contribution in [2.45, 2.75) is 32.3 Å². The highest BCUT2D eigenvalue weighted by Crippen LogP contribution is 2.49. The van der Waals surface area contributed by atoms with E-state index in [9.17, 15) is 9.90 Å². The van der Waals surface area contributed by atoms with E-state index < -0.39 is 17.5 Å². The molecule has 0 aromatic heterocycles. The van der Waals surface area contributed by atoms with E-state index in [2.05, 4.69) is 0 Å². The van der Waals surface area contributed by atoms with Gasteiger partial charge in [-0.2, -0.15) is 0 Å². The predicted molar refractivity (Wildman–Crippen MR) is 35.6 cm³/mol. The Labute approximate surface area is 59.7 Å². The largest absolute Gasteiger partial charge is 0.481 e. The Bertz CT molecular complexity index is 149. The molecule has 1 unspecified atom stereocenters. The summed E-state index contributed by atoms with van der Waals surface area (Å²) in [6.45, 7) is 1.80. The van der Waals surface area contributed by atoms with Gasteiger partial charge in [-0.05, 0) is 19.3 Å². The smallest absolute Gasteiger partial charge is 0.312 e. The van der Waals surface area contributed by atoms with Crippen molar-refractivity contribution in [3.8, 4) is 0 Å². The number of carboxylic acids is 1. The lowest BCUT2D eigenvalue weighted by atomic mass is 9.98. The van der Waals surface area contributed by atoms with Crippen molar-refractivity contribution in [2.24, 2.45) is 5.41 Å². The van der Waals surface area contributed by atoms with Crippen LogP contribution < -0.4 is 0 Å². The summed E-state index contributed by atoms with van der Waals surface area (Å²) in [5.41, 5.74) is -0.769. The average Bonchev–Trinajstić information content (AvgIpc) is 2.65. The Balaban J connectivity index is 2.60. The van der Waals surface area contributed by atoms with Gasteiger partial charge in [0.1, 0.15) is 0 Å². The second-order valence-corrected chi connectivity index (χ2v) is 2.89. The molecule has 1 atom stereocenters. The lowest BCUT2D eigenvalue weighted by Gasteiger charge is -2.14. The molecule has 0 amide bonds. The summed E-state index contributed by atoms with van der Waals surface area (Å²) >= 11 is 0. The zero-order valence-electron chi connectivity index (χ0n) is 6.00. The van der Waals surface area contributed by atoms with Gasteiger partial charge < -0.3 is 10.2 Å². The number of carbonyl (C=O) groups is 1. The first-order valence-electron chi connectivity index (χ1n) is 3.55. The Morgan fingerprint density at radius 3 is 2.30 bits per heavy atom. The van der Waals surface area contributed by atoms with E-state index >= 15 is 0 Å². The Morgan fingerprint density at radius 2 is 2.20 bits per heavy atom. The molecule has 0 bridgehead atoms. The lowest BCUT2D eigenvalue weighted by Crippen LogP contribution is -2.29. The molecule has 58 valence electrons. The summed E-state index contributed by atoms with van der Waals surface area (Å²) in [5, 5.41) is 17.9. The van der Waals surface area contributed by atoms with Gasteiger partial charge in [-0.3, -0.25) is 4.79 Å². The average molecular weight is 144 g/mol. The first kappa shape index (κ1) is 7.54. The Morgan fingerprint density at radius 1 is 1.70 bits per heavy atom. The van der Waals surface area contributed by atoms with Crippen LogP contribution in [0.3, 0.4) is 0 Å². The van der Waals surface area contributed by atoms with Crippen molar-refractivity contribution >= 4 is 5.97 Å². The molecule has 2 N–H and O–H groups in total. The van der Waals surface area contributed by atoms with Crippen molar-refractivity contribution in [1.29, 1.82) is 0 Å². The molecule has 1 fully saturated rings. The van der Waals surface area contributed by atoms with Gasteiger partial charge in [-0.15, -0.1) is 0 Å². The third-order valence-corrected chi connectivity index (χ3v) is 2.24. The van der Waals surface area contributed by atoms with Gasteiger partial charge >= 0.3 is 5.97 Å². The minimum atomic E-state index is -0.846. The van der Waals surface area contributed by atoms with Crippen molar-refractivity contribution in [1.82, 2.24) is 0 Å². The lowest BCUT2D eigenvalue weighted by molar-refractivity contribution is -0.148. The minimum Gasteiger partial charge on any atom is -0.481 e. The van der Waals surface area contributed by atoms with Crippen LogP contribution in [0.25, 0.3) is 0 Å². The molecule has 0 saturated heterocycles. The maximum absolute atomic E-state index is 10.5. The quantitative estimate of drug-likeness (QED) is 0.610. The van der Waals surface area contributed by atoms with Crippen LogP contribution >= 0.6 is 0 Å². The van der Waals surface area contributed by atoms with Crippen molar-refractivity contribution in [3.05, 3.63) is 0 Å². The molecule has 0 aromatic carbocycles. The second-order valence-electron chi connectivity index (χ2n) is 2.89. The first-order chi connectivity index (χ1) is 4.63. The van der Waals surface area contributed by atoms with E-state index in [0.29, 0.717) is 19.3 Å². The minimum absolute atomic E-state index is 0.534. The summed E-state index contributed by atoms with van der Waals surface area (Å²) in [5.74, 6) is -0.846. The van der Waals surface area contributed by atoms with Crippen LogP contribution in [0.15, 0.2) is 0 Å². The number of hydrogen-bond acceptors (Lipinski definition) is 2. The maximum Gasteiger partial charge on any atom is 0.312 e. The molecule has 0 spiro atoms. The van der Waals surface area contributed by atoms with Crippen molar-refractivity contribution in [2.75, 3.05) is 0 Å². The number of carboxylic acid groups (broad SMARTS) is 1. The molecule has 1 saturated carbocycles. The molecule has 0 heterocycles. The topological polar surface area (TPSA) is 57.5 Å². The molecular formula is C7H12O3. The molecule has 1 aliphatic carbocycles. The van der Waals surface area contributed by atoms with E-state index in [1.807, 2.05) is 0 Å². The number of aliphatic hydroxyl groups excluding tert-OH is 1. The molecule has 1 rings (SSSR count). The van der Waals surface area contributed by atoms with E-state index in [4.69, 9.17) is 5.11 Å². The fraction of sp³-hybridized carbons (Fsp3) is 0.857. The van der Waals surface area contributed by atoms with Gasteiger partial charge in [0.25, 0.3) is 0 Å². The number of aliphatic hydroxyl groups is 1. The van der Waals surface area contributed by atoms with Gasteiger partial charge in [0.2, 0.25) is 0 Å². The normalized spacial score (nSPS) is 23.8. The number of hydrogen-bond donors (Lipinski definition) is 2. The van der Waals surface area contributed by atoms with Crippen molar-refractivity contribution < 1.29 is 15.0 Å². The summed E-state index contributed by atoms with van der Waals surface area (Å²) < 4.78 is 0. The van der Waals surface area contributed by atoms with Crippen LogP contribution in [-0.2, 0) is 4.79 Å². The third-order valence-electron chi connectivity index (χ3n) is 2.24. The van der Waals surface area contributed by atoms with E-state index in [-0.39, 0.29) is 0 Å². The number of rotatable bonds is 3. The van der Waals surface area contributed by atoms with E-state index in [0.717, 1.165) is 0 Å². The predicted octanol–water partition coefficient (Wildman–Crippen LogP) is 0.622. The zero-order valence-corrected chi connectivity index (χ0v) is 6.00. The van der Waals surface area contributed by atoms with E-state index in [1.54, 1.807) is 6.92 Å². The fourth-order valence-electron chi connectivity index (χ4n) is 1.22. The molecular weight excluding hydrogens is 132 g/mol. The highest BCUT2D eigenvalue weighted by molar-refractivity contribution is 5.78. The molecule has 3 nitrogen and oxygen atoms in total. The molecule has 0 radical (unpaired) electrons. The summed E-state index contributed by atoms with van der Waals surface area (Å²) in [6, 6.07) is 0. The van der Waals surface area contributed by atoms with Gasteiger partial charge in [-0.25, -0.2) is 0 Å². The summed E-state index contributed by atoms with van der Waals surface area (Å²) in [4.78, 5) is 10.5. The SMILES string of the molecule is CCC(O)C1(C(=O)O)CC1. The van der Waals surface area contributed by atoms with Gasteiger partial charge in [-0.1, -0.05) is 6.92 Å². The molecule has 0 aliphatic heterocycles. The van der Waals surface area contributed by atoms with E-state index in [1.165, 1.54) is 0 Å². The zero-order chi connectivity index (χ0) is 7.78. The standard InChI is InChI=1S/C7H12O3/c1-2-5(8)7(3-4-7)6(9)10/h5,8H,2-4H2,1H3,(H,9,10). The van der Waals surface area contributed by atoms with Crippen LogP contribution in [0.5, 0.6) is 0 Å². The van der Waals surface area contributed by atoms with Crippen LogP contribution in [0.2, 0.25) is 0 Å². The molecule has 0 aromatic rings. The van der Waals surface area contributed by atoms with Crippen LogP contribution in [-0.4, -0.2) is 22.3 Å². The molecule has 1 aliphatic rings. The fourth-order valence-corrected chi connectivity index (χ4v) is 1.22. The molecule has 3 heteroatoms. The highest BCUT2D eigenvalue weighted by Gasteiger charge is 2.55. The van der Waals surface area contributed by atoms with Crippen LogP contribution in [0, 0.1) is 5.41 Å². The highest BCUT2D eigenvalue weighted by atomic mass is 16.4. The Hall–Kier alpha value is -0.570. The second kappa shape index (κ2) is 2.23. The van der Waals surface area contributed by atoms with Gasteiger partial charge in [0.15, 0.2) is 0 Å². The first-order valence-corrected chi connectivity index (χ1v) is 3.55. The Kier molecular flexibility index (Phi) is 1.68. The van der Waals surface area contributed by atoms with Gasteiger partial charge in [0, 0.05) is 0 Å². The van der Waals surface area contributed by atoms with Crippen molar-refractivity contribution in [3.63, 3.8) is 0 Å². The summed E-state index contributed by atoms with van der Waals surface area (Å²) in [6.07, 6.45) is 1.16. The maximum atomic E-state index is 10.5. The summed E-state index contributed by atoms with van der Waals surface area (Å²) in [7, 11) is 0. The van der Waals surface area contributed by atoms with Gasteiger partial charge in [0.05, 0.1) is 11.5 Å². The molecule has 10 heavy (non-hydrogen) atoms.